The van der Waals surface area contributed by atoms with Gasteiger partial charge in [0.05, 0.1) is 30.5 Å². The molecule has 3 aromatic rings. The van der Waals surface area contributed by atoms with Crippen molar-refractivity contribution in [3.05, 3.63) is 71.0 Å². The first-order valence-corrected chi connectivity index (χ1v) is 8.32. The van der Waals surface area contributed by atoms with Crippen LogP contribution < -0.4 is 0 Å². The van der Waals surface area contributed by atoms with Gasteiger partial charge in [-0.05, 0) is 23.4 Å². The van der Waals surface area contributed by atoms with Gasteiger partial charge < -0.3 is 4.74 Å². The van der Waals surface area contributed by atoms with Gasteiger partial charge in [0.1, 0.15) is 5.69 Å². The molecule has 2 aromatic heterocycles. The zero-order valence-corrected chi connectivity index (χ0v) is 13.7. The number of nitroso groups, excluding NO2 is 1. The Kier molecular flexibility index (Phi) is 4.45. The Balaban J connectivity index is 1.90. The molecule has 1 saturated heterocycles. The summed E-state index contributed by atoms with van der Waals surface area (Å²) in [6.45, 7) is 2.89. The number of morpholine rings is 1. The SMILES string of the molecule is O=Nc1c(C(c2ccccn2)N2CCOCC2)ccc2cccnc12. The Labute approximate surface area is 145 Å². The minimum Gasteiger partial charge on any atom is -0.379 e. The molecule has 3 heterocycles. The maximum atomic E-state index is 11.7. The highest BCUT2D eigenvalue weighted by molar-refractivity contribution is 5.90. The second-order valence-electron chi connectivity index (χ2n) is 5.98. The van der Waals surface area contributed by atoms with Crippen molar-refractivity contribution in [2.24, 2.45) is 5.18 Å². The molecule has 1 fully saturated rings. The van der Waals surface area contributed by atoms with E-state index < -0.39 is 0 Å². The summed E-state index contributed by atoms with van der Waals surface area (Å²) in [4.78, 5) is 22.9. The van der Waals surface area contributed by atoms with Gasteiger partial charge in [-0.15, -0.1) is 4.91 Å². The molecule has 0 spiro atoms. The average molecular weight is 334 g/mol. The Hall–Kier alpha value is -2.70. The molecule has 6 nitrogen and oxygen atoms in total. The standard InChI is InChI=1S/C19H18N4O2/c24-22-18-15(7-6-14-4-3-9-21-17(14)18)19(16-5-1-2-8-20-16)23-10-12-25-13-11-23/h1-9,19H,10-13H2. The predicted molar refractivity (Wildman–Crippen MR) is 95.7 cm³/mol. The number of ether oxygens (including phenoxy) is 1. The van der Waals surface area contributed by atoms with E-state index in [0.29, 0.717) is 24.4 Å². The van der Waals surface area contributed by atoms with Crippen LogP contribution in [0.3, 0.4) is 0 Å². The third-order valence-corrected chi connectivity index (χ3v) is 4.54. The average Bonchev–Trinajstić information content (AvgIpc) is 2.69. The van der Waals surface area contributed by atoms with E-state index in [4.69, 9.17) is 4.74 Å². The Morgan fingerprint density at radius 2 is 1.84 bits per heavy atom. The molecule has 0 aliphatic carbocycles. The van der Waals surface area contributed by atoms with E-state index in [1.54, 1.807) is 12.4 Å². The molecule has 0 radical (unpaired) electrons. The lowest BCUT2D eigenvalue weighted by atomic mass is 9.97. The molecule has 1 aliphatic heterocycles. The van der Waals surface area contributed by atoms with Gasteiger partial charge >= 0.3 is 0 Å². The molecule has 126 valence electrons. The second-order valence-corrected chi connectivity index (χ2v) is 5.98. The Bertz CT molecular complexity index is 879. The lowest BCUT2D eigenvalue weighted by Crippen LogP contribution is -2.39. The van der Waals surface area contributed by atoms with Crippen molar-refractivity contribution in [2.75, 3.05) is 26.3 Å². The van der Waals surface area contributed by atoms with E-state index >= 15 is 0 Å². The van der Waals surface area contributed by atoms with Gasteiger partial charge in [-0.2, -0.15) is 0 Å². The van der Waals surface area contributed by atoms with E-state index in [-0.39, 0.29) is 6.04 Å². The summed E-state index contributed by atoms with van der Waals surface area (Å²) < 4.78 is 5.49. The summed E-state index contributed by atoms with van der Waals surface area (Å²) in [5.41, 5.74) is 2.75. The van der Waals surface area contributed by atoms with Gasteiger partial charge in [0.2, 0.25) is 0 Å². The molecule has 6 heteroatoms. The number of aromatic nitrogens is 2. The van der Waals surface area contributed by atoms with Gasteiger partial charge in [0.25, 0.3) is 0 Å². The maximum Gasteiger partial charge on any atom is 0.139 e. The van der Waals surface area contributed by atoms with Crippen LogP contribution in [0.25, 0.3) is 10.9 Å². The summed E-state index contributed by atoms with van der Waals surface area (Å²) >= 11 is 0. The van der Waals surface area contributed by atoms with Crippen LogP contribution in [-0.4, -0.2) is 41.2 Å². The van der Waals surface area contributed by atoms with Crippen LogP contribution in [0.4, 0.5) is 5.69 Å². The number of nitrogens with zero attached hydrogens (tertiary/aromatic N) is 4. The third-order valence-electron chi connectivity index (χ3n) is 4.54. The van der Waals surface area contributed by atoms with Crippen LogP contribution in [0.1, 0.15) is 17.3 Å². The molecule has 25 heavy (non-hydrogen) atoms. The van der Waals surface area contributed by atoms with E-state index in [2.05, 4.69) is 20.0 Å². The molecular weight excluding hydrogens is 316 g/mol. The smallest absolute Gasteiger partial charge is 0.139 e. The van der Waals surface area contributed by atoms with E-state index in [1.165, 1.54) is 0 Å². The summed E-state index contributed by atoms with van der Waals surface area (Å²) in [6.07, 6.45) is 3.46. The fourth-order valence-electron chi connectivity index (χ4n) is 3.38. The largest absolute Gasteiger partial charge is 0.379 e. The number of rotatable bonds is 4. The number of hydrogen-bond donors (Lipinski definition) is 0. The fourth-order valence-corrected chi connectivity index (χ4v) is 3.38. The van der Waals surface area contributed by atoms with Crippen molar-refractivity contribution >= 4 is 16.6 Å². The number of hydrogen-bond acceptors (Lipinski definition) is 6. The van der Waals surface area contributed by atoms with Crippen molar-refractivity contribution in [3.63, 3.8) is 0 Å². The lowest BCUT2D eigenvalue weighted by Gasteiger charge is -2.34. The molecule has 1 aliphatic rings. The number of benzene rings is 1. The minimum atomic E-state index is -0.149. The van der Waals surface area contributed by atoms with Crippen LogP contribution in [-0.2, 0) is 4.74 Å². The quantitative estimate of drug-likeness (QED) is 0.684. The van der Waals surface area contributed by atoms with Crippen LogP contribution in [0.5, 0.6) is 0 Å². The maximum absolute atomic E-state index is 11.7. The van der Waals surface area contributed by atoms with E-state index in [9.17, 15) is 4.91 Å². The summed E-state index contributed by atoms with van der Waals surface area (Å²) in [5.74, 6) is 0. The fraction of sp³-hybridized carbons (Fsp3) is 0.263. The third kappa shape index (κ3) is 3.01. The van der Waals surface area contributed by atoms with Gasteiger partial charge in [-0.3, -0.25) is 14.9 Å². The molecule has 4 rings (SSSR count). The molecule has 1 atom stereocenters. The zero-order chi connectivity index (χ0) is 17.1. The normalized spacial score (nSPS) is 16.6. The first-order chi connectivity index (χ1) is 12.4. The van der Waals surface area contributed by atoms with E-state index in [0.717, 1.165) is 29.7 Å². The molecule has 0 bridgehead atoms. The minimum absolute atomic E-state index is 0.149. The van der Waals surface area contributed by atoms with Gasteiger partial charge in [-0.25, -0.2) is 0 Å². The Morgan fingerprint density at radius 3 is 2.60 bits per heavy atom. The van der Waals surface area contributed by atoms with Crippen LogP contribution in [0.15, 0.2) is 60.0 Å². The molecule has 0 saturated carbocycles. The summed E-state index contributed by atoms with van der Waals surface area (Å²) in [5, 5.41) is 4.25. The Morgan fingerprint density at radius 1 is 1.00 bits per heavy atom. The highest BCUT2D eigenvalue weighted by Gasteiger charge is 2.28. The van der Waals surface area contributed by atoms with Crippen LogP contribution >= 0.6 is 0 Å². The summed E-state index contributed by atoms with van der Waals surface area (Å²) in [7, 11) is 0. The number of fused-ring (bicyclic) bond motifs is 1. The molecular formula is C19H18N4O2. The lowest BCUT2D eigenvalue weighted by molar-refractivity contribution is 0.0233. The molecule has 0 N–H and O–H groups in total. The number of pyridine rings is 2. The van der Waals surface area contributed by atoms with Crippen LogP contribution in [0.2, 0.25) is 0 Å². The van der Waals surface area contributed by atoms with Gasteiger partial charge in [0, 0.05) is 36.4 Å². The molecule has 1 unspecified atom stereocenters. The van der Waals surface area contributed by atoms with Crippen molar-refractivity contribution < 1.29 is 4.74 Å². The topological polar surface area (TPSA) is 67.7 Å². The second kappa shape index (κ2) is 7.04. The van der Waals surface area contributed by atoms with Crippen molar-refractivity contribution in [1.82, 2.24) is 14.9 Å². The van der Waals surface area contributed by atoms with Crippen molar-refractivity contribution in [2.45, 2.75) is 6.04 Å². The van der Waals surface area contributed by atoms with E-state index in [1.807, 2.05) is 42.5 Å². The van der Waals surface area contributed by atoms with Crippen LogP contribution in [0, 0.1) is 4.91 Å². The first-order valence-electron chi connectivity index (χ1n) is 8.32. The van der Waals surface area contributed by atoms with Crippen molar-refractivity contribution in [3.8, 4) is 0 Å². The monoisotopic (exact) mass is 334 g/mol. The molecule has 1 aromatic carbocycles. The zero-order valence-electron chi connectivity index (χ0n) is 13.7. The van der Waals surface area contributed by atoms with Gasteiger partial charge in [0.15, 0.2) is 0 Å². The highest BCUT2D eigenvalue weighted by Crippen LogP contribution is 2.38. The first kappa shape index (κ1) is 15.8. The summed E-state index contributed by atoms with van der Waals surface area (Å²) in [6, 6.07) is 13.4. The van der Waals surface area contributed by atoms with Crippen molar-refractivity contribution in [1.29, 1.82) is 0 Å². The highest BCUT2D eigenvalue weighted by atomic mass is 16.5. The molecule has 0 amide bonds. The van der Waals surface area contributed by atoms with Gasteiger partial charge in [-0.1, -0.05) is 24.3 Å². The predicted octanol–water partition coefficient (Wildman–Crippen LogP) is 3.45.